The lowest BCUT2D eigenvalue weighted by atomic mass is 9.94. The largest absolute Gasteiger partial charge is 0.346 e. The van der Waals surface area contributed by atoms with E-state index >= 15 is 0 Å². The summed E-state index contributed by atoms with van der Waals surface area (Å²) in [7, 11) is 0. The first-order valence-corrected chi connectivity index (χ1v) is 8.06. The number of fused-ring (bicyclic) bond motifs is 1. The van der Waals surface area contributed by atoms with E-state index in [1.165, 1.54) is 76.3 Å². The van der Waals surface area contributed by atoms with Gasteiger partial charge in [0.15, 0.2) is 0 Å². The summed E-state index contributed by atoms with van der Waals surface area (Å²) in [5.41, 5.74) is 4.92. The van der Waals surface area contributed by atoms with Crippen molar-refractivity contribution in [2.75, 3.05) is 0 Å². The number of nitrogens with zero attached hydrogens (tertiary/aromatic N) is 1. The van der Waals surface area contributed by atoms with Crippen LogP contribution in [0.4, 0.5) is 0 Å². The van der Waals surface area contributed by atoms with Gasteiger partial charge in [0, 0.05) is 17.4 Å². The van der Waals surface area contributed by atoms with Crippen LogP contribution in [0.15, 0.2) is 6.07 Å². The highest BCUT2D eigenvalue weighted by atomic mass is 15.0. The Balaban J connectivity index is 1.92. The predicted octanol–water partition coefficient (Wildman–Crippen LogP) is 4.96. The molecule has 3 rings (SSSR count). The van der Waals surface area contributed by atoms with Crippen LogP contribution in [0.5, 0.6) is 0 Å². The van der Waals surface area contributed by atoms with Gasteiger partial charge in [0.2, 0.25) is 0 Å². The Hall–Kier alpha value is -0.720. The van der Waals surface area contributed by atoms with Gasteiger partial charge in [-0.2, -0.15) is 0 Å². The van der Waals surface area contributed by atoms with Crippen molar-refractivity contribution in [2.24, 2.45) is 0 Å². The zero-order chi connectivity index (χ0) is 12.4. The van der Waals surface area contributed by atoms with Gasteiger partial charge >= 0.3 is 0 Å². The first kappa shape index (κ1) is 12.3. The van der Waals surface area contributed by atoms with Crippen LogP contribution in [0.3, 0.4) is 0 Å². The summed E-state index contributed by atoms with van der Waals surface area (Å²) in [6.07, 6.45) is 15.5. The first-order chi connectivity index (χ1) is 8.86. The minimum absolute atomic E-state index is 0.821. The Morgan fingerprint density at radius 3 is 2.33 bits per heavy atom. The summed E-state index contributed by atoms with van der Waals surface area (Å²) in [5, 5.41) is 0. The monoisotopic (exact) mass is 245 g/mol. The van der Waals surface area contributed by atoms with E-state index in [1.807, 2.05) is 0 Å². The molecular formula is C17H27N. The molecule has 0 saturated heterocycles. The van der Waals surface area contributed by atoms with Crippen LogP contribution in [0.1, 0.15) is 80.8 Å². The van der Waals surface area contributed by atoms with Gasteiger partial charge in [-0.05, 0) is 57.1 Å². The second-order valence-electron chi connectivity index (χ2n) is 6.33. The molecule has 18 heavy (non-hydrogen) atoms. The Bertz CT molecular complexity index is 396. The van der Waals surface area contributed by atoms with Crippen molar-refractivity contribution in [1.82, 2.24) is 4.57 Å². The molecule has 1 heteroatoms. The van der Waals surface area contributed by atoms with Crippen LogP contribution in [0, 0.1) is 6.92 Å². The second-order valence-corrected chi connectivity index (χ2v) is 6.33. The van der Waals surface area contributed by atoms with E-state index in [1.54, 1.807) is 11.3 Å². The fourth-order valence-electron chi connectivity index (χ4n) is 4.08. The molecule has 1 aromatic rings. The van der Waals surface area contributed by atoms with E-state index in [0.717, 1.165) is 6.04 Å². The standard InChI is InChI=1S/C17H27N/c1-14-13-15-9-5-2-3-8-12-17(15)18(14)16-10-6-4-7-11-16/h13,16H,2-12H2,1H3. The van der Waals surface area contributed by atoms with Crippen molar-refractivity contribution in [3.05, 3.63) is 23.0 Å². The van der Waals surface area contributed by atoms with Gasteiger partial charge in [0.1, 0.15) is 0 Å². The lowest BCUT2D eigenvalue weighted by molar-refractivity contribution is 0.341. The summed E-state index contributed by atoms with van der Waals surface area (Å²) in [6.45, 7) is 2.33. The summed E-state index contributed by atoms with van der Waals surface area (Å²) in [4.78, 5) is 0. The van der Waals surface area contributed by atoms with E-state index in [0.29, 0.717) is 0 Å². The summed E-state index contributed by atoms with van der Waals surface area (Å²) >= 11 is 0. The number of aromatic nitrogens is 1. The molecule has 2 aliphatic carbocycles. The molecule has 1 fully saturated rings. The number of hydrogen-bond donors (Lipinski definition) is 0. The molecule has 1 aromatic heterocycles. The maximum Gasteiger partial charge on any atom is 0.0335 e. The second kappa shape index (κ2) is 5.50. The zero-order valence-electron chi connectivity index (χ0n) is 11.9. The van der Waals surface area contributed by atoms with Crippen molar-refractivity contribution in [3.63, 3.8) is 0 Å². The molecule has 0 spiro atoms. The quantitative estimate of drug-likeness (QED) is 0.659. The summed E-state index contributed by atoms with van der Waals surface area (Å²) < 4.78 is 2.74. The molecule has 0 aromatic carbocycles. The van der Waals surface area contributed by atoms with Crippen molar-refractivity contribution in [2.45, 2.75) is 83.6 Å². The molecule has 0 aliphatic heterocycles. The fraction of sp³-hybridized carbons (Fsp3) is 0.765. The van der Waals surface area contributed by atoms with Crippen LogP contribution < -0.4 is 0 Å². The third-order valence-corrected chi connectivity index (χ3v) is 4.97. The van der Waals surface area contributed by atoms with E-state index in [9.17, 15) is 0 Å². The van der Waals surface area contributed by atoms with Gasteiger partial charge in [0.25, 0.3) is 0 Å². The molecule has 0 bridgehead atoms. The third-order valence-electron chi connectivity index (χ3n) is 4.97. The average Bonchev–Trinajstić information content (AvgIpc) is 2.66. The minimum atomic E-state index is 0.821. The topological polar surface area (TPSA) is 4.93 Å². The van der Waals surface area contributed by atoms with Gasteiger partial charge in [-0.3, -0.25) is 0 Å². The molecular weight excluding hydrogens is 218 g/mol. The Morgan fingerprint density at radius 1 is 0.889 bits per heavy atom. The van der Waals surface area contributed by atoms with Crippen molar-refractivity contribution >= 4 is 0 Å². The number of rotatable bonds is 1. The highest BCUT2D eigenvalue weighted by Crippen LogP contribution is 2.34. The normalized spacial score (nSPS) is 22.3. The first-order valence-electron chi connectivity index (χ1n) is 8.06. The van der Waals surface area contributed by atoms with E-state index < -0.39 is 0 Å². The fourth-order valence-corrected chi connectivity index (χ4v) is 4.08. The van der Waals surface area contributed by atoms with Gasteiger partial charge in [-0.15, -0.1) is 0 Å². The zero-order valence-corrected chi connectivity index (χ0v) is 11.9. The van der Waals surface area contributed by atoms with Crippen molar-refractivity contribution in [3.8, 4) is 0 Å². The molecule has 0 radical (unpaired) electrons. The van der Waals surface area contributed by atoms with Crippen LogP contribution in [0.2, 0.25) is 0 Å². The summed E-state index contributed by atoms with van der Waals surface area (Å²) in [5.74, 6) is 0. The van der Waals surface area contributed by atoms with Gasteiger partial charge in [-0.25, -0.2) is 0 Å². The van der Waals surface area contributed by atoms with E-state index in [4.69, 9.17) is 0 Å². The highest BCUT2D eigenvalue weighted by molar-refractivity contribution is 5.29. The van der Waals surface area contributed by atoms with E-state index in [-0.39, 0.29) is 0 Å². The smallest absolute Gasteiger partial charge is 0.0335 e. The lowest BCUT2D eigenvalue weighted by Gasteiger charge is -2.28. The maximum atomic E-state index is 2.74. The van der Waals surface area contributed by atoms with E-state index in [2.05, 4.69) is 17.6 Å². The maximum absolute atomic E-state index is 2.74. The lowest BCUT2D eigenvalue weighted by Crippen LogP contribution is -2.17. The van der Waals surface area contributed by atoms with Gasteiger partial charge in [-0.1, -0.05) is 32.1 Å². The molecule has 0 N–H and O–H groups in total. The van der Waals surface area contributed by atoms with Gasteiger partial charge < -0.3 is 4.57 Å². The molecule has 1 heterocycles. The average molecular weight is 245 g/mol. The van der Waals surface area contributed by atoms with Crippen LogP contribution in [-0.2, 0) is 12.8 Å². The van der Waals surface area contributed by atoms with Crippen LogP contribution in [0.25, 0.3) is 0 Å². The highest BCUT2D eigenvalue weighted by Gasteiger charge is 2.22. The molecule has 0 atom stereocenters. The summed E-state index contributed by atoms with van der Waals surface area (Å²) in [6, 6.07) is 3.32. The number of hydrogen-bond acceptors (Lipinski definition) is 0. The Morgan fingerprint density at radius 2 is 1.56 bits per heavy atom. The molecule has 1 nitrogen and oxygen atoms in total. The number of aryl methyl sites for hydroxylation is 2. The van der Waals surface area contributed by atoms with Crippen molar-refractivity contribution < 1.29 is 0 Å². The Labute approximate surface area is 112 Å². The Kier molecular flexibility index (Phi) is 3.77. The molecule has 1 saturated carbocycles. The van der Waals surface area contributed by atoms with Gasteiger partial charge in [0.05, 0.1) is 0 Å². The SMILES string of the molecule is Cc1cc2c(n1C1CCCCC1)CCCCCC2. The third kappa shape index (κ3) is 2.37. The molecule has 0 amide bonds. The molecule has 100 valence electrons. The molecule has 2 aliphatic rings. The molecule has 0 unspecified atom stereocenters. The van der Waals surface area contributed by atoms with Crippen LogP contribution in [-0.4, -0.2) is 4.57 Å². The predicted molar refractivity (Wildman–Crippen MR) is 77.2 cm³/mol. The minimum Gasteiger partial charge on any atom is -0.346 e. The van der Waals surface area contributed by atoms with Crippen molar-refractivity contribution in [1.29, 1.82) is 0 Å². The van der Waals surface area contributed by atoms with Crippen LogP contribution >= 0.6 is 0 Å².